The van der Waals surface area contributed by atoms with Gasteiger partial charge in [0.1, 0.15) is 0 Å². The van der Waals surface area contributed by atoms with Crippen LogP contribution in [0.2, 0.25) is 0 Å². The molecule has 2 aliphatic carbocycles. The number of hydrogen-bond acceptors (Lipinski definition) is 1. The fourth-order valence-corrected chi connectivity index (χ4v) is 7.62. The minimum Gasteiger partial charge on any atom is -0.309 e. The number of nitrogens with zero attached hydrogens (tertiary/aromatic N) is 2. The second-order valence-corrected chi connectivity index (χ2v) is 11.9. The van der Waals surface area contributed by atoms with E-state index in [0.29, 0.717) is 0 Å². The summed E-state index contributed by atoms with van der Waals surface area (Å²) in [5.74, 6) is 0. The fraction of sp³-hybridized carbons (Fsp3) is 0.0465. The zero-order valence-electron chi connectivity index (χ0n) is 24.8. The molecular formula is C43H30N2. The Balaban J connectivity index is 1.27. The van der Waals surface area contributed by atoms with Crippen molar-refractivity contribution in [2.75, 3.05) is 0 Å². The monoisotopic (exact) mass is 574 g/mol. The van der Waals surface area contributed by atoms with E-state index in [1.807, 2.05) is 12.3 Å². The van der Waals surface area contributed by atoms with Gasteiger partial charge in [0.15, 0.2) is 0 Å². The van der Waals surface area contributed by atoms with Crippen LogP contribution in [0.15, 0.2) is 176 Å². The summed E-state index contributed by atoms with van der Waals surface area (Å²) in [6.45, 7) is 0. The Hall–Kier alpha value is -5.73. The number of aromatic nitrogens is 2. The number of pyridine rings is 1. The standard InChI is InChI=1S/C43H30N2/c1-2-5-15-32(14-4-1)43(42-22-12-13-27-44-42)38-20-10-8-18-34(38)36-28-30(23-25-39(36)43)31-24-26-41-37(29-31)35-19-9-11-21-40(35)45(41)33-16-6-3-7-17-33/h1,3-29H,2H2. The van der Waals surface area contributed by atoms with Gasteiger partial charge in [-0.05, 0) is 93.9 Å². The van der Waals surface area contributed by atoms with E-state index in [2.05, 4.69) is 162 Å². The number of benzene rings is 5. The normalized spacial score (nSPS) is 16.8. The predicted molar refractivity (Wildman–Crippen MR) is 187 cm³/mol. The molecule has 0 saturated carbocycles. The van der Waals surface area contributed by atoms with Crippen molar-refractivity contribution in [2.24, 2.45) is 0 Å². The van der Waals surface area contributed by atoms with Crippen molar-refractivity contribution >= 4 is 21.8 Å². The highest BCUT2D eigenvalue weighted by molar-refractivity contribution is 6.10. The molecule has 2 nitrogen and oxygen atoms in total. The molecule has 212 valence electrons. The van der Waals surface area contributed by atoms with Gasteiger partial charge in [0.05, 0.1) is 22.1 Å². The Labute approximate surface area is 263 Å². The van der Waals surface area contributed by atoms with Crippen molar-refractivity contribution in [2.45, 2.75) is 11.8 Å². The third-order valence-electron chi connectivity index (χ3n) is 9.53. The van der Waals surface area contributed by atoms with Gasteiger partial charge in [-0.1, -0.05) is 115 Å². The molecule has 1 unspecified atom stereocenters. The van der Waals surface area contributed by atoms with E-state index in [1.54, 1.807) is 0 Å². The summed E-state index contributed by atoms with van der Waals surface area (Å²) in [5.41, 5.74) is 12.9. The summed E-state index contributed by atoms with van der Waals surface area (Å²) in [5, 5.41) is 2.52. The van der Waals surface area contributed by atoms with Crippen LogP contribution >= 0.6 is 0 Å². The van der Waals surface area contributed by atoms with E-state index in [9.17, 15) is 0 Å². The Morgan fingerprint density at radius 1 is 0.578 bits per heavy atom. The van der Waals surface area contributed by atoms with Gasteiger partial charge in [-0.25, -0.2) is 0 Å². The van der Waals surface area contributed by atoms with Gasteiger partial charge in [-0.15, -0.1) is 0 Å². The van der Waals surface area contributed by atoms with Gasteiger partial charge in [0.25, 0.3) is 0 Å². The third kappa shape index (κ3) is 3.79. The van der Waals surface area contributed by atoms with Crippen molar-refractivity contribution in [3.63, 3.8) is 0 Å². The minimum absolute atomic E-state index is 0.496. The van der Waals surface area contributed by atoms with Gasteiger partial charge in [-0.2, -0.15) is 0 Å². The zero-order chi connectivity index (χ0) is 29.8. The molecule has 7 aromatic rings. The molecule has 1 atom stereocenters. The Bertz CT molecular complexity index is 2340. The lowest BCUT2D eigenvalue weighted by Crippen LogP contribution is -2.30. The molecule has 2 heteroatoms. The molecule has 0 fully saturated rings. The molecular weight excluding hydrogens is 544 g/mol. The summed E-state index contributed by atoms with van der Waals surface area (Å²) in [4.78, 5) is 5.01. The van der Waals surface area contributed by atoms with E-state index in [0.717, 1.165) is 12.1 Å². The maximum atomic E-state index is 5.01. The maximum Gasteiger partial charge on any atom is 0.0885 e. The average Bonchev–Trinajstić information content (AvgIpc) is 3.43. The molecule has 0 aliphatic heterocycles. The lowest BCUT2D eigenvalue weighted by atomic mass is 9.69. The van der Waals surface area contributed by atoms with Crippen LogP contribution < -0.4 is 0 Å². The molecule has 0 bridgehead atoms. The highest BCUT2D eigenvalue weighted by Gasteiger charge is 2.47. The second kappa shape index (κ2) is 10.2. The van der Waals surface area contributed by atoms with Crippen molar-refractivity contribution in [3.05, 3.63) is 192 Å². The highest BCUT2D eigenvalue weighted by Crippen LogP contribution is 2.57. The molecule has 0 amide bonds. The lowest BCUT2D eigenvalue weighted by molar-refractivity contribution is 0.733. The van der Waals surface area contributed by atoms with Crippen LogP contribution in [0, 0.1) is 0 Å². The van der Waals surface area contributed by atoms with E-state index < -0.39 is 5.41 Å². The molecule has 2 heterocycles. The number of fused-ring (bicyclic) bond motifs is 6. The zero-order valence-corrected chi connectivity index (χ0v) is 24.8. The van der Waals surface area contributed by atoms with Crippen LogP contribution in [-0.4, -0.2) is 9.55 Å². The Kier molecular flexibility index (Phi) is 5.82. The lowest BCUT2D eigenvalue weighted by Gasteiger charge is -2.33. The summed E-state index contributed by atoms with van der Waals surface area (Å²) < 4.78 is 2.37. The molecule has 5 aromatic carbocycles. The highest BCUT2D eigenvalue weighted by atomic mass is 15.0. The van der Waals surface area contributed by atoms with Crippen LogP contribution in [0.4, 0.5) is 0 Å². The smallest absolute Gasteiger partial charge is 0.0885 e. The van der Waals surface area contributed by atoms with E-state index in [-0.39, 0.29) is 0 Å². The van der Waals surface area contributed by atoms with Gasteiger partial charge in [-0.3, -0.25) is 4.98 Å². The van der Waals surface area contributed by atoms with Gasteiger partial charge >= 0.3 is 0 Å². The molecule has 45 heavy (non-hydrogen) atoms. The maximum absolute atomic E-state index is 5.01. The SMILES string of the molecule is C1=CCC=CC(C2(c3ccccn3)c3ccccc3-c3cc(-c4ccc5c(c4)c4ccccc4n5-c4ccccc4)ccc32)=C1. The fourth-order valence-electron chi connectivity index (χ4n) is 7.62. The molecule has 0 N–H and O–H groups in total. The number of allylic oxidation sites excluding steroid dienone is 6. The van der Waals surface area contributed by atoms with Crippen molar-refractivity contribution in [1.82, 2.24) is 9.55 Å². The number of hydrogen-bond donors (Lipinski definition) is 0. The summed E-state index contributed by atoms with van der Waals surface area (Å²) >= 11 is 0. The van der Waals surface area contributed by atoms with Crippen molar-refractivity contribution < 1.29 is 0 Å². The van der Waals surface area contributed by atoms with Gasteiger partial charge in [0, 0.05) is 22.7 Å². The van der Waals surface area contributed by atoms with Crippen LogP contribution in [0.5, 0.6) is 0 Å². The first kappa shape index (κ1) is 25.7. The Morgan fingerprint density at radius 3 is 2.24 bits per heavy atom. The molecule has 0 saturated heterocycles. The second-order valence-electron chi connectivity index (χ2n) is 11.9. The van der Waals surface area contributed by atoms with Crippen LogP contribution in [0.1, 0.15) is 23.2 Å². The predicted octanol–water partition coefficient (Wildman–Crippen LogP) is 10.6. The molecule has 2 aromatic heterocycles. The summed E-state index contributed by atoms with van der Waals surface area (Å²) in [7, 11) is 0. The van der Waals surface area contributed by atoms with Crippen LogP contribution in [-0.2, 0) is 5.41 Å². The molecule has 2 aliphatic rings. The first-order valence-corrected chi connectivity index (χ1v) is 15.6. The average molecular weight is 575 g/mol. The summed E-state index contributed by atoms with van der Waals surface area (Å²) in [6, 6.07) is 48.5. The molecule has 0 radical (unpaired) electrons. The van der Waals surface area contributed by atoms with Crippen molar-refractivity contribution in [3.8, 4) is 27.9 Å². The largest absolute Gasteiger partial charge is 0.309 e. The van der Waals surface area contributed by atoms with Gasteiger partial charge in [0.2, 0.25) is 0 Å². The minimum atomic E-state index is -0.496. The number of rotatable bonds is 4. The summed E-state index contributed by atoms with van der Waals surface area (Å²) in [6.07, 6.45) is 14.1. The topological polar surface area (TPSA) is 17.8 Å². The molecule has 9 rings (SSSR count). The van der Waals surface area contributed by atoms with Crippen LogP contribution in [0.3, 0.4) is 0 Å². The molecule has 0 spiro atoms. The Morgan fingerprint density at radius 2 is 1.33 bits per heavy atom. The third-order valence-corrected chi connectivity index (χ3v) is 9.53. The first-order chi connectivity index (χ1) is 22.3. The van der Waals surface area contributed by atoms with E-state index >= 15 is 0 Å². The van der Waals surface area contributed by atoms with E-state index in [4.69, 9.17) is 4.98 Å². The number of para-hydroxylation sites is 2. The quantitative estimate of drug-likeness (QED) is 0.204. The van der Waals surface area contributed by atoms with Crippen molar-refractivity contribution in [1.29, 1.82) is 0 Å². The van der Waals surface area contributed by atoms with Gasteiger partial charge < -0.3 is 4.57 Å². The first-order valence-electron chi connectivity index (χ1n) is 15.6. The van der Waals surface area contributed by atoms with Crippen LogP contribution in [0.25, 0.3) is 49.7 Å². The van der Waals surface area contributed by atoms with E-state index in [1.165, 1.54) is 66.4 Å².